The molecule has 40 heavy (non-hydrogen) atoms. The molecule has 8 nitrogen and oxygen atoms in total. The standard InChI is InChI=1S/C31H32ClN7O/c1-19-4-8-21(32)18-25(19)29-27(30(33)40)24(28(37-29)26-12-15-35-31(34)36-26)11-7-20-5-9-23(10-6-20)39-16-13-22(14-17-39)38(2)3/h4-6,8-10,12,15,18,22,37H,13-14,16-17H2,1-3H3,(H2,33,40)(H2,34,35,36). The molecule has 0 saturated carbocycles. The minimum atomic E-state index is -0.611. The molecule has 1 amide bonds. The Balaban J connectivity index is 1.54. The van der Waals surface area contributed by atoms with Crippen LogP contribution in [0.15, 0.2) is 54.7 Å². The number of hydrogen-bond donors (Lipinski definition) is 3. The fourth-order valence-electron chi connectivity index (χ4n) is 5.17. The maximum absolute atomic E-state index is 12.9. The van der Waals surface area contributed by atoms with Gasteiger partial charge in [0.05, 0.1) is 28.2 Å². The number of H-pyrrole nitrogens is 1. The molecule has 0 spiro atoms. The van der Waals surface area contributed by atoms with Crippen LogP contribution in [-0.4, -0.2) is 59.0 Å². The number of primary amides is 1. The SMILES string of the molecule is Cc1ccc(Cl)cc1-c1[nH]c(-c2ccnc(N)n2)c(C#Cc2ccc(N3CCC(N(C)C)CC3)cc2)c1C(N)=O. The summed E-state index contributed by atoms with van der Waals surface area (Å²) in [6.07, 6.45) is 3.84. The Morgan fingerprint density at radius 2 is 1.80 bits per heavy atom. The second-order valence-electron chi connectivity index (χ2n) is 10.2. The average Bonchev–Trinajstić information content (AvgIpc) is 3.33. The second-order valence-corrected chi connectivity index (χ2v) is 10.7. The topological polar surface area (TPSA) is 117 Å². The number of amides is 1. The van der Waals surface area contributed by atoms with Gasteiger partial charge in [-0.1, -0.05) is 29.5 Å². The zero-order valence-corrected chi connectivity index (χ0v) is 23.6. The summed E-state index contributed by atoms with van der Waals surface area (Å²) < 4.78 is 0. The van der Waals surface area contributed by atoms with Crippen LogP contribution >= 0.6 is 11.6 Å². The Labute approximate surface area is 239 Å². The number of nitrogens with two attached hydrogens (primary N) is 2. The van der Waals surface area contributed by atoms with E-state index in [4.69, 9.17) is 23.1 Å². The van der Waals surface area contributed by atoms with Crippen LogP contribution in [0.4, 0.5) is 11.6 Å². The zero-order valence-electron chi connectivity index (χ0n) is 22.8. The highest BCUT2D eigenvalue weighted by Crippen LogP contribution is 2.35. The molecule has 3 heterocycles. The van der Waals surface area contributed by atoms with Crippen LogP contribution in [0.3, 0.4) is 0 Å². The number of aryl methyl sites for hydroxylation is 1. The molecule has 1 aliphatic heterocycles. The third-order valence-electron chi connectivity index (χ3n) is 7.40. The van der Waals surface area contributed by atoms with Crippen LogP contribution in [0, 0.1) is 18.8 Å². The van der Waals surface area contributed by atoms with Gasteiger partial charge >= 0.3 is 0 Å². The highest BCUT2D eigenvalue weighted by molar-refractivity contribution is 6.31. The van der Waals surface area contributed by atoms with Crippen molar-refractivity contribution in [3.63, 3.8) is 0 Å². The molecule has 0 atom stereocenters. The Morgan fingerprint density at radius 3 is 2.45 bits per heavy atom. The van der Waals surface area contributed by atoms with Gasteiger partial charge in [-0.2, -0.15) is 0 Å². The van der Waals surface area contributed by atoms with Gasteiger partial charge in [0.25, 0.3) is 5.91 Å². The molecular weight excluding hydrogens is 522 g/mol. The van der Waals surface area contributed by atoms with E-state index in [1.54, 1.807) is 24.4 Å². The maximum atomic E-state index is 12.9. The van der Waals surface area contributed by atoms with Crippen LogP contribution in [0.5, 0.6) is 0 Å². The number of halogens is 1. The van der Waals surface area contributed by atoms with Crippen LogP contribution < -0.4 is 16.4 Å². The number of benzene rings is 2. The van der Waals surface area contributed by atoms with Crippen molar-refractivity contribution in [3.8, 4) is 34.5 Å². The van der Waals surface area contributed by atoms with Gasteiger partial charge in [0, 0.05) is 47.2 Å². The molecule has 1 saturated heterocycles. The van der Waals surface area contributed by atoms with E-state index in [9.17, 15) is 4.79 Å². The van der Waals surface area contributed by atoms with Gasteiger partial charge < -0.3 is 26.3 Å². The molecule has 1 aliphatic rings. The van der Waals surface area contributed by atoms with Crippen molar-refractivity contribution in [1.29, 1.82) is 0 Å². The number of nitrogen functional groups attached to an aromatic ring is 1. The number of rotatable bonds is 5. The molecule has 4 aromatic rings. The molecule has 0 unspecified atom stereocenters. The number of piperidine rings is 1. The number of carbonyl (C=O) groups is 1. The summed E-state index contributed by atoms with van der Waals surface area (Å²) in [6.45, 7) is 3.99. The lowest BCUT2D eigenvalue weighted by atomic mass is 9.99. The largest absolute Gasteiger partial charge is 0.371 e. The fourth-order valence-corrected chi connectivity index (χ4v) is 5.34. The molecule has 0 bridgehead atoms. The van der Waals surface area contributed by atoms with Crippen molar-refractivity contribution < 1.29 is 4.79 Å². The van der Waals surface area contributed by atoms with Crippen LogP contribution in [-0.2, 0) is 0 Å². The molecule has 1 fully saturated rings. The fraction of sp³-hybridized carbons (Fsp3) is 0.258. The summed E-state index contributed by atoms with van der Waals surface area (Å²) in [5.41, 5.74) is 17.8. The van der Waals surface area contributed by atoms with Gasteiger partial charge in [-0.25, -0.2) is 9.97 Å². The minimum Gasteiger partial charge on any atom is -0.371 e. The molecular formula is C31H32ClN7O. The first-order chi connectivity index (χ1) is 19.2. The summed E-state index contributed by atoms with van der Waals surface area (Å²) in [7, 11) is 4.29. The number of aromatic amines is 1. The maximum Gasteiger partial charge on any atom is 0.252 e. The summed E-state index contributed by atoms with van der Waals surface area (Å²) in [4.78, 5) is 29.3. The number of hydrogen-bond acceptors (Lipinski definition) is 6. The van der Waals surface area contributed by atoms with E-state index in [1.807, 2.05) is 25.1 Å². The first-order valence-electron chi connectivity index (χ1n) is 13.2. The van der Waals surface area contributed by atoms with Gasteiger partial charge in [0.15, 0.2) is 0 Å². The molecule has 0 radical (unpaired) electrons. The van der Waals surface area contributed by atoms with Crippen LogP contribution in [0.2, 0.25) is 5.02 Å². The predicted molar refractivity (Wildman–Crippen MR) is 161 cm³/mol. The highest BCUT2D eigenvalue weighted by atomic mass is 35.5. The van der Waals surface area contributed by atoms with Gasteiger partial charge in [0.2, 0.25) is 5.95 Å². The Morgan fingerprint density at radius 1 is 1.07 bits per heavy atom. The lowest BCUT2D eigenvalue weighted by Crippen LogP contribution is -2.41. The first kappa shape index (κ1) is 27.3. The van der Waals surface area contributed by atoms with Crippen LogP contribution in [0.25, 0.3) is 22.6 Å². The molecule has 2 aromatic heterocycles. The normalized spacial score (nSPS) is 13.8. The van der Waals surface area contributed by atoms with Gasteiger partial charge in [-0.15, -0.1) is 0 Å². The summed E-state index contributed by atoms with van der Waals surface area (Å²) in [6, 6.07) is 16.0. The zero-order chi connectivity index (χ0) is 28.4. The lowest BCUT2D eigenvalue weighted by molar-refractivity contribution is 0.100. The second kappa shape index (κ2) is 11.4. The number of carbonyl (C=O) groups excluding carboxylic acids is 1. The summed E-state index contributed by atoms with van der Waals surface area (Å²) >= 11 is 6.31. The Hall–Kier alpha value is -4.32. The quantitative estimate of drug-likeness (QED) is 0.308. The average molecular weight is 554 g/mol. The minimum absolute atomic E-state index is 0.109. The summed E-state index contributed by atoms with van der Waals surface area (Å²) in [5.74, 6) is 5.92. The van der Waals surface area contributed by atoms with E-state index in [-0.39, 0.29) is 11.5 Å². The van der Waals surface area contributed by atoms with Crippen molar-refractivity contribution in [2.24, 2.45) is 5.73 Å². The van der Waals surface area contributed by atoms with E-state index < -0.39 is 5.91 Å². The van der Waals surface area contributed by atoms with Crippen LogP contribution in [0.1, 0.15) is 39.9 Å². The third kappa shape index (κ3) is 5.67. The van der Waals surface area contributed by atoms with Gasteiger partial charge in [0.1, 0.15) is 0 Å². The van der Waals surface area contributed by atoms with Gasteiger partial charge in [-0.3, -0.25) is 4.79 Å². The molecule has 5 rings (SSSR count). The smallest absolute Gasteiger partial charge is 0.252 e. The lowest BCUT2D eigenvalue weighted by Gasteiger charge is -2.36. The monoisotopic (exact) mass is 553 g/mol. The summed E-state index contributed by atoms with van der Waals surface area (Å²) in [5, 5.41) is 0.539. The number of nitrogens with zero attached hydrogens (tertiary/aromatic N) is 4. The number of aromatic nitrogens is 3. The molecule has 9 heteroatoms. The van der Waals surface area contributed by atoms with Crippen molar-refractivity contribution in [1.82, 2.24) is 19.9 Å². The van der Waals surface area contributed by atoms with Crippen molar-refractivity contribution in [2.45, 2.75) is 25.8 Å². The highest BCUT2D eigenvalue weighted by Gasteiger charge is 2.25. The molecule has 5 N–H and O–H groups in total. The first-order valence-corrected chi connectivity index (χ1v) is 13.5. The van der Waals surface area contributed by atoms with Gasteiger partial charge in [-0.05, 0) is 81.9 Å². The number of anilines is 2. The third-order valence-corrected chi connectivity index (χ3v) is 7.64. The van der Waals surface area contributed by atoms with E-state index >= 15 is 0 Å². The van der Waals surface area contributed by atoms with Crippen molar-refractivity contribution in [3.05, 3.63) is 82.0 Å². The van der Waals surface area contributed by atoms with Crippen molar-refractivity contribution >= 4 is 29.1 Å². The van der Waals surface area contributed by atoms with E-state index in [0.717, 1.165) is 42.6 Å². The predicted octanol–water partition coefficient (Wildman–Crippen LogP) is 4.71. The Bertz CT molecular complexity index is 1610. The van der Waals surface area contributed by atoms with Crippen molar-refractivity contribution in [2.75, 3.05) is 37.8 Å². The molecule has 0 aliphatic carbocycles. The van der Waals surface area contributed by atoms with E-state index in [1.165, 1.54) is 5.69 Å². The Kier molecular flexibility index (Phi) is 7.78. The molecule has 2 aromatic carbocycles. The number of nitrogens with one attached hydrogen (secondary N) is 1. The molecule has 204 valence electrons. The van der Waals surface area contributed by atoms with E-state index in [2.05, 4.69) is 62.8 Å². The van der Waals surface area contributed by atoms with E-state index in [0.29, 0.717) is 33.7 Å².